The normalized spacial score (nSPS) is 23.3. The smallest absolute Gasteiger partial charge is 0.416 e. The average Bonchev–Trinajstić information content (AvgIpc) is 3.34. The quantitative estimate of drug-likeness (QED) is 0.321. The Kier molecular flexibility index (Phi) is 6.64. The van der Waals surface area contributed by atoms with Crippen molar-refractivity contribution in [2.24, 2.45) is 0 Å². The molecule has 2 aromatic carbocycles. The van der Waals surface area contributed by atoms with E-state index in [2.05, 4.69) is 26.3 Å². The van der Waals surface area contributed by atoms with Crippen LogP contribution in [0.2, 0.25) is 0 Å². The van der Waals surface area contributed by atoms with Gasteiger partial charge < -0.3 is 15.0 Å². The van der Waals surface area contributed by atoms with Crippen LogP contribution in [0.5, 0.6) is 0 Å². The van der Waals surface area contributed by atoms with E-state index in [0.717, 1.165) is 51.8 Å². The maximum absolute atomic E-state index is 13.3. The number of aromatic amines is 1. The third-order valence-electron chi connectivity index (χ3n) is 8.09. The second-order valence-electron chi connectivity index (χ2n) is 10.3. The van der Waals surface area contributed by atoms with Crippen LogP contribution in [-0.4, -0.2) is 40.0 Å². The number of alkyl halides is 3. The molecule has 0 bridgehead atoms. The standard InChI is InChI=1S/C30H29F3N4O2/c1-39-29(38)27-15-23-22-6-2-3-7-24(22)36-28(23)26-14-21(35-17-18-5-4-12-34-16-18)13-25(37(26)27)19-8-10-20(11-9-19)30(31,32)33/h2-12,16,21,25-27,35-36H,13-15,17H2,1H3. The predicted octanol–water partition coefficient (Wildman–Crippen LogP) is 5.72. The van der Waals surface area contributed by atoms with E-state index in [9.17, 15) is 18.0 Å². The summed E-state index contributed by atoms with van der Waals surface area (Å²) < 4.78 is 45.3. The molecule has 202 valence electrons. The van der Waals surface area contributed by atoms with Gasteiger partial charge in [0.25, 0.3) is 0 Å². The highest BCUT2D eigenvalue weighted by Gasteiger charge is 2.48. The molecule has 4 unspecified atom stereocenters. The van der Waals surface area contributed by atoms with Crippen LogP contribution in [0.3, 0.4) is 0 Å². The fourth-order valence-electron chi connectivity index (χ4n) is 6.30. The highest BCUT2D eigenvalue weighted by Crippen LogP contribution is 2.49. The molecule has 0 radical (unpaired) electrons. The molecule has 2 N–H and O–H groups in total. The molecule has 39 heavy (non-hydrogen) atoms. The molecular formula is C30H29F3N4O2. The third-order valence-corrected chi connectivity index (χ3v) is 8.09. The average molecular weight is 535 g/mol. The Hall–Kier alpha value is -3.69. The molecule has 2 aromatic heterocycles. The number of esters is 1. The number of hydrogen-bond acceptors (Lipinski definition) is 5. The molecule has 4 atom stereocenters. The van der Waals surface area contributed by atoms with Crippen LogP contribution in [-0.2, 0) is 28.7 Å². The van der Waals surface area contributed by atoms with E-state index in [1.54, 1.807) is 18.3 Å². The number of nitrogens with zero attached hydrogens (tertiary/aromatic N) is 2. The van der Waals surface area contributed by atoms with Crippen molar-refractivity contribution < 1.29 is 22.7 Å². The first kappa shape index (κ1) is 25.6. The predicted molar refractivity (Wildman–Crippen MR) is 141 cm³/mol. The Labute approximate surface area is 224 Å². The number of carbonyl (C=O) groups excluding carboxylic acids is 1. The van der Waals surface area contributed by atoms with Crippen LogP contribution in [0, 0.1) is 0 Å². The summed E-state index contributed by atoms with van der Waals surface area (Å²) in [6.07, 6.45) is 0.956. The topological polar surface area (TPSA) is 70.2 Å². The lowest BCUT2D eigenvalue weighted by Gasteiger charge is -2.50. The van der Waals surface area contributed by atoms with Gasteiger partial charge in [-0.3, -0.25) is 14.7 Å². The minimum absolute atomic E-state index is 0.0504. The highest BCUT2D eigenvalue weighted by molar-refractivity contribution is 5.87. The van der Waals surface area contributed by atoms with E-state index >= 15 is 0 Å². The SMILES string of the molecule is COC(=O)C1Cc2c([nH]c3ccccc23)C2CC(NCc3cccnc3)CC(c3ccc(C(F)(F)F)cc3)N12. The Morgan fingerprint density at radius 1 is 1.08 bits per heavy atom. The van der Waals surface area contributed by atoms with Gasteiger partial charge in [0.15, 0.2) is 0 Å². The molecule has 2 aliphatic heterocycles. The van der Waals surface area contributed by atoms with E-state index in [1.165, 1.54) is 7.11 Å². The van der Waals surface area contributed by atoms with E-state index in [1.807, 2.05) is 36.5 Å². The number of para-hydroxylation sites is 1. The summed E-state index contributed by atoms with van der Waals surface area (Å²) in [5.74, 6) is -0.338. The fraction of sp³-hybridized carbons (Fsp3) is 0.333. The van der Waals surface area contributed by atoms with Crippen LogP contribution in [0.15, 0.2) is 73.1 Å². The number of pyridine rings is 1. The van der Waals surface area contributed by atoms with Crippen molar-refractivity contribution in [3.05, 3.63) is 101 Å². The van der Waals surface area contributed by atoms with E-state index in [0.29, 0.717) is 19.4 Å². The number of aromatic nitrogens is 2. The lowest BCUT2D eigenvalue weighted by molar-refractivity contribution is -0.152. The van der Waals surface area contributed by atoms with Gasteiger partial charge in [-0.25, -0.2) is 0 Å². The van der Waals surface area contributed by atoms with Crippen molar-refractivity contribution in [3.63, 3.8) is 0 Å². The number of piperidine rings is 1. The Morgan fingerprint density at radius 2 is 1.85 bits per heavy atom. The lowest BCUT2D eigenvalue weighted by Crippen LogP contribution is -2.55. The van der Waals surface area contributed by atoms with Gasteiger partial charge in [0, 0.05) is 54.0 Å². The van der Waals surface area contributed by atoms with Gasteiger partial charge >= 0.3 is 12.1 Å². The maximum Gasteiger partial charge on any atom is 0.416 e. The Bertz CT molecular complexity index is 1470. The zero-order valence-electron chi connectivity index (χ0n) is 21.4. The largest absolute Gasteiger partial charge is 0.468 e. The molecule has 9 heteroatoms. The highest BCUT2D eigenvalue weighted by atomic mass is 19.4. The van der Waals surface area contributed by atoms with Crippen molar-refractivity contribution in [1.82, 2.24) is 20.2 Å². The van der Waals surface area contributed by atoms with Gasteiger partial charge in [0.05, 0.1) is 18.7 Å². The number of nitrogens with one attached hydrogen (secondary N) is 2. The van der Waals surface area contributed by atoms with Gasteiger partial charge in [-0.05, 0) is 53.8 Å². The molecule has 1 saturated heterocycles. The number of hydrogen-bond donors (Lipinski definition) is 2. The molecule has 0 aliphatic carbocycles. The number of benzene rings is 2. The lowest BCUT2D eigenvalue weighted by atomic mass is 9.79. The molecule has 2 aliphatic rings. The van der Waals surface area contributed by atoms with E-state index in [4.69, 9.17) is 4.74 Å². The van der Waals surface area contributed by atoms with Crippen LogP contribution in [0.25, 0.3) is 10.9 Å². The second kappa shape index (κ2) is 10.1. The van der Waals surface area contributed by atoms with Crippen molar-refractivity contribution in [3.8, 4) is 0 Å². The van der Waals surface area contributed by atoms with Crippen LogP contribution < -0.4 is 5.32 Å². The van der Waals surface area contributed by atoms with Crippen molar-refractivity contribution in [1.29, 1.82) is 0 Å². The summed E-state index contributed by atoms with van der Waals surface area (Å²) in [6, 6.07) is 16.3. The van der Waals surface area contributed by atoms with Gasteiger partial charge in [0.1, 0.15) is 6.04 Å². The van der Waals surface area contributed by atoms with E-state index in [-0.39, 0.29) is 24.1 Å². The summed E-state index contributed by atoms with van der Waals surface area (Å²) in [7, 11) is 1.39. The van der Waals surface area contributed by atoms with Crippen LogP contribution in [0.4, 0.5) is 13.2 Å². The van der Waals surface area contributed by atoms with Crippen molar-refractivity contribution >= 4 is 16.9 Å². The monoisotopic (exact) mass is 534 g/mol. The zero-order valence-corrected chi connectivity index (χ0v) is 21.4. The minimum Gasteiger partial charge on any atom is -0.468 e. The summed E-state index contributed by atoms with van der Waals surface area (Å²) in [4.78, 5) is 23.2. The van der Waals surface area contributed by atoms with Gasteiger partial charge in [-0.15, -0.1) is 0 Å². The zero-order chi connectivity index (χ0) is 27.1. The molecule has 6 rings (SSSR count). The number of H-pyrrole nitrogens is 1. The molecule has 4 aromatic rings. The number of halogens is 3. The molecule has 0 saturated carbocycles. The van der Waals surface area contributed by atoms with Crippen LogP contribution >= 0.6 is 0 Å². The summed E-state index contributed by atoms with van der Waals surface area (Å²) in [5.41, 5.74) is 4.26. The molecule has 0 amide bonds. The molecule has 4 heterocycles. The second-order valence-corrected chi connectivity index (χ2v) is 10.3. The number of ether oxygens (including phenoxy) is 1. The van der Waals surface area contributed by atoms with Crippen LogP contribution in [0.1, 0.15) is 52.9 Å². The van der Waals surface area contributed by atoms with Gasteiger partial charge in [-0.2, -0.15) is 13.2 Å². The summed E-state index contributed by atoms with van der Waals surface area (Å²) in [5, 5.41) is 4.73. The van der Waals surface area contributed by atoms with Crippen molar-refractivity contribution in [2.75, 3.05) is 7.11 Å². The first-order valence-corrected chi connectivity index (χ1v) is 13.1. The summed E-state index contributed by atoms with van der Waals surface area (Å²) in [6.45, 7) is 0.616. The Morgan fingerprint density at radius 3 is 2.56 bits per heavy atom. The van der Waals surface area contributed by atoms with Gasteiger partial charge in [0.2, 0.25) is 0 Å². The van der Waals surface area contributed by atoms with Crippen molar-refractivity contribution in [2.45, 2.75) is 56.2 Å². The summed E-state index contributed by atoms with van der Waals surface area (Å²) >= 11 is 0. The minimum atomic E-state index is -4.42. The molecular weight excluding hydrogens is 505 g/mol. The first-order valence-electron chi connectivity index (χ1n) is 13.1. The Balaban J connectivity index is 1.42. The fourth-order valence-corrected chi connectivity index (χ4v) is 6.30. The number of fused-ring (bicyclic) bond motifs is 5. The number of carbonyl (C=O) groups is 1. The number of rotatable bonds is 5. The third kappa shape index (κ3) is 4.81. The van der Waals surface area contributed by atoms with Gasteiger partial charge in [-0.1, -0.05) is 36.4 Å². The van der Waals surface area contributed by atoms with E-state index < -0.39 is 17.8 Å². The molecule has 6 nitrogen and oxygen atoms in total. The maximum atomic E-state index is 13.3. The number of methoxy groups -OCH3 is 1. The first-order chi connectivity index (χ1) is 18.8. The molecule has 0 spiro atoms. The molecule has 1 fully saturated rings.